The Balaban J connectivity index is 1.13. The van der Waals surface area contributed by atoms with Gasteiger partial charge in [0.25, 0.3) is 11.8 Å². The maximum atomic E-state index is 14.0. The monoisotopic (exact) mass is 526 g/mol. The molecule has 3 atom stereocenters. The lowest BCUT2D eigenvalue weighted by Crippen LogP contribution is -2.45. The molecule has 8 nitrogen and oxygen atoms in total. The van der Waals surface area contributed by atoms with Crippen LogP contribution < -0.4 is 24.3 Å². The number of piperidine rings is 1. The molecule has 4 aliphatic rings. The zero-order valence-corrected chi connectivity index (χ0v) is 21.8. The van der Waals surface area contributed by atoms with Crippen molar-refractivity contribution in [2.75, 3.05) is 39.5 Å². The molecule has 0 aromatic heterocycles. The first-order valence-corrected chi connectivity index (χ1v) is 13.6. The van der Waals surface area contributed by atoms with Crippen LogP contribution in [0.2, 0.25) is 0 Å². The standard InChI is InChI=1S/C31H30N2O6/c1-18-5-7-21(23(13-18)19-6-8-26-28(15-19)38-10-9-36-26)31(35)33-17-20-14-24(20)25(33)16-32-30(34)22-3-2-4-27-29(22)39-12-11-37-27/h2-8,13,15,20,24-25H,9-12,14,16-17H2,1H3,(H,32,34)/t20-,24-,25-/m1/s1. The second kappa shape index (κ2) is 9.52. The molecule has 3 aliphatic heterocycles. The van der Waals surface area contributed by atoms with Crippen molar-refractivity contribution in [2.45, 2.75) is 19.4 Å². The Morgan fingerprint density at radius 2 is 1.67 bits per heavy atom. The summed E-state index contributed by atoms with van der Waals surface area (Å²) >= 11 is 0. The lowest BCUT2D eigenvalue weighted by Gasteiger charge is -2.29. The van der Waals surface area contributed by atoms with Gasteiger partial charge in [0.05, 0.1) is 11.6 Å². The summed E-state index contributed by atoms with van der Waals surface area (Å²) in [6, 6.07) is 17.0. The molecule has 1 saturated carbocycles. The summed E-state index contributed by atoms with van der Waals surface area (Å²) in [4.78, 5) is 29.2. The number of hydrogen-bond donors (Lipinski definition) is 1. The van der Waals surface area contributed by atoms with Crippen molar-refractivity contribution in [2.24, 2.45) is 11.8 Å². The van der Waals surface area contributed by atoms with E-state index in [9.17, 15) is 9.59 Å². The largest absolute Gasteiger partial charge is 0.486 e. The first kappa shape index (κ1) is 23.9. The van der Waals surface area contributed by atoms with E-state index in [2.05, 4.69) is 5.32 Å². The van der Waals surface area contributed by atoms with Gasteiger partial charge in [-0.3, -0.25) is 9.59 Å². The molecule has 1 N–H and O–H groups in total. The molecule has 2 fully saturated rings. The van der Waals surface area contributed by atoms with Crippen LogP contribution >= 0.6 is 0 Å². The van der Waals surface area contributed by atoms with Crippen molar-refractivity contribution in [1.29, 1.82) is 0 Å². The molecule has 3 aromatic carbocycles. The summed E-state index contributed by atoms with van der Waals surface area (Å²) in [5.74, 6) is 3.13. The summed E-state index contributed by atoms with van der Waals surface area (Å²) in [5.41, 5.74) is 3.96. The third-order valence-corrected chi connectivity index (χ3v) is 8.11. The van der Waals surface area contributed by atoms with Crippen LogP contribution in [-0.4, -0.2) is 62.3 Å². The number of benzene rings is 3. The number of rotatable bonds is 5. The number of carbonyl (C=O) groups is 2. The van der Waals surface area contributed by atoms with Crippen molar-refractivity contribution in [1.82, 2.24) is 10.2 Å². The molecular formula is C31H30N2O6. The molecule has 1 aliphatic carbocycles. The van der Waals surface area contributed by atoms with Crippen LogP contribution in [0.15, 0.2) is 54.6 Å². The number of carbonyl (C=O) groups excluding carboxylic acids is 2. The van der Waals surface area contributed by atoms with Gasteiger partial charge in [0.1, 0.15) is 26.4 Å². The van der Waals surface area contributed by atoms with Gasteiger partial charge in [0.2, 0.25) is 0 Å². The van der Waals surface area contributed by atoms with Gasteiger partial charge in [0, 0.05) is 18.7 Å². The van der Waals surface area contributed by atoms with Crippen molar-refractivity contribution >= 4 is 11.8 Å². The van der Waals surface area contributed by atoms with E-state index < -0.39 is 0 Å². The van der Waals surface area contributed by atoms with Gasteiger partial charge in [-0.15, -0.1) is 0 Å². The zero-order valence-electron chi connectivity index (χ0n) is 21.8. The van der Waals surface area contributed by atoms with Gasteiger partial charge in [-0.1, -0.05) is 29.8 Å². The maximum absolute atomic E-state index is 14.0. The number of hydrogen-bond acceptors (Lipinski definition) is 6. The topological polar surface area (TPSA) is 86.3 Å². The Kier molecular flexibility index (Phi) is 5.83. The van der Waals surface area contributed by atoms with Crippen LogP contribution in [0.3, 0.4) is 0 Å². The number of nitrogens with zero attached hydrogens (tertiary/aromatic N) is 1. The minimum atomic E-state index is -0.221. The third-order valence-electron chi connectivity index (χ3n) is 8.11. The fraction of sp³-hybridized carbons (Fsp3) is 0.355. The van der Waals surface area contributed by atoms with E-state index in [1.165, 1.54) is 0 Å². The van der Waals surface area contributed by atoms with Gasteiger partial charge in [0.15, 0.2) is 23.0 Å². The molecule has 3 aromatic rings. The summed E-state index contributed by atoms with van der Waals surface area (Å²) in [7, 11) is 0. The van der Waals surface area contributed by atoms with Crippen molar-refractivity contribution in [3.8, 4) is 34.1 Å². The average Bonchev–Trinajstić information content (AvgIpc) is 3.66. The molecule has 8 heteroatoms. The van der Waals surface area contributed by atoms with Crippen LogP contribution in [0, 0.1) is 18.8 Å². The van der Waals surface area contributed by atoms with Gasteiger partial charge in [-0.25, -0.2) is 0 Å². The minimum Gasteiger partial charge on any atom is -0.486 e. The zero-order chi connectivity index (χ0) is 26.5. The average molecular weight is 527 g/mol. The van der Waals surface area contributed by atoms with E-state index in [4.69, 9.17) is 18.9 Å². The highest BCUT2D eigenvalue weighted by molar-refractivity contribution is 6.02. The predicted octanol–water partition coefficient (Wildman–Crippen LogP) is 4.09. The number of likely N-dealkylation sites (tertiary alicyclic amines) is 1. The van der Waals surface area contributed by atoms with Gasteiger partial charge < -0.3 is 29.2 Å². The second-order valence-electron chi connectivity index (χ2n) is 10.6. The van der Waals surface area contributed by atoms with Gasteiger partial charge in [-0.2, -0.15) is 0 Å². The molecule has 39 heavy (non-hydrogen) atoms. The van der Waals surface area contributed by atoms with Crippen molar-refractivity contribution in [3.05, 3.63) is 71.3 Å². The highest BCUT2D eigenvalue weighted by Gasteiger charge is 2.54. The molecule has 0 unspecified atom stereocenters. The van der Waals surface area contributed by atoms with Crippen LogP contribution in [0.4, 0.5) is 0 Å². The molecular weight excluding hydrogens is 496 g/mol. The predicted molar refractivity (Wildman–Crippen MR) is 144 cm³/mol. The molecule has 0 bridgehead atoms. The van der Waals surface area contributed by atoms with Gasteiger partial charge in [-0.05, 0) is 66.6 Å². The second-order valence-corrected chi connectivity index (χ2v) is 10.6. The fourth-order valence-electron chi connectivity index (χ4n) is 6.06. The van der Waals surface area contributed by atoms with Crippen LogP contribution in [0.25, 0.3) is 11.1 Å². The smallest absolute Gasteiger partial charge is 0.255 e. The Hall–Kier alpha value is -4.20. The Morgan fingerprint density at radius 3 is 2.54 bits per heavy atom. The molecule has 0 radical (unpaired) electrons. The lowest BCUT2D eigenvalue weighted by atomic mass is 9.96. The van der Waals surface area contributed by atoms with Crippen LogP contribution in [0.5, 0.6) is 23.0 Å². The number of para-hydroxylation sites is 1. The Bertz CT molecular complexity index is 1470. The first-order valence-electron chi connectivity index (χ1n) is 13.6. The van der Waals surface area contributed by atoms with E-state index in [1.54, 1.807) is 18.2 Å². The van der Waals surface area contributed by atoms with E-state index in [-0.39, 0.29) is 17.9 Å². The summed E-state index contributed by atoms with van der Waals surface area (Å²) in [6.45, 7) is 5.03. The molecule has 7 rings (SSSR count). The number of ether oxygens (including phenoxy) is 4. The number of amides is 2. The molecule has 3 heterocycles. The summed E-state index contributed by atoms with van der Waals surface area (Å²) < 4.78 is 22.8. The number of fused-ring (bicyclic) bond motifs is 3. The molecule has 200 valence electrons. The van der Waals surface area contributed by atoms with E-state index >= 15 is 0 Å². The number of nitrogens with one attached hydrogen (secondary N) is 1. The van der Waals surface area contributed by atoms with E-state index in [0.29, 0.717) is 79.7 Å². The molecule has 0 spiro atoms. The molecule has 1 saturated heterocycles. The van der Waals surface area contributed by atoms with Gasteiger partial charge >= 0.3 is 0 Å². The Labute approximate surface area is 226 Å². The SMILES string of the molecule is Cc1ccc(C(=O)N2C[C@H]3C[C@H]3[C@H]2CNC(=O)c2cccc3c2OCCO3)c(-c2ccc3c(c2)OCCO3)c1. The first-order chi connectivity index (χ1) is 19.1. The van der Waals surface area contributed by atoms with Crippen LogP contribution in [0.1, 0.15) is 32.7 Å². The van der Waals surface area contributed by atoms with E-state index in [1.807, 2.05) is 48.2 Å². The van der Waals surface area contributed by atoms with Crippen molar-refractivity contribution in [3.63, 3.8) is 0 Å². The fourth-order valence-corrected chi connectivity index (χ4v) is 6.06. The van der Waals surface area contributed by atoms with Crippen LogP contribution in [-0.2, 0) is 0 Å². The normalized spacial score (nSPS) is 22.2. The number of aryl methyl sites for hydroxylation is 1. The highest BCUT2D eigenvalue weighted by Crippen LogP contribution is 2.50. The summed E-state index contributed by atoms with van der Waals surface area (Å²) in [5, 5.41) is 3.08. The third kappa shape index (κ3) is 4.33. The highest BCUT2D eigenvalue weighted by atomic mass is 16.6. The Morgan fingerprint density at radius 1 is 0.872 bits per heavy atom. The van der Waals surface area contributed by atoms with Crippen molar-refractivity contribution < 1.29 is 28.5 Å². The quantitative estimate of drug-likeness (QED) is 0.539. The summed E-state index contributed by atoms with van der Waals surface area (Å²) in [6.07, 6.45) is 1.09. The minimum absolute atomic E-state index is 0.0137. The molecule has 2 amide bonds. The lowest BCUT2D eigenvalue weighted by molar-refractivity contribution is 0.0695. The van der Waals surface area contributed by atoms with E-state index in [0.717, 1.165) is 28.9 Å². The maximum Gasteiger partial charge on any atom is 0.255 e.